The van der Waals surface area contributed by atoms with E-state index in [9.17, 15) is 4.79 Å². The number of nitrogens with zero attached hydrogens (tertiary/aromatic N) is 4. The molecule has 0 radical (unpaired) electrons. The Bertz CT molecular complexity index is 477. The van der Waals surface area contributed by atoms with Crippen LogP contribution in [0.5, 0.6) is 0 Å². The summed E-state index contributed by atoms with van der Waals surface area (Å²) in [7, 11) is 0. The van der Waals surface area contributed by atoms with Gasteiger partial charge < -0.3 is 10.2 Å². The highest BCUT2D eigenvalue weighted by atomic mass is 16.2. The fourth-order valence-corrected chi connectivity index (χ4v) is 2.55. The molecule has 2 heterocycles. The summed E-state index contributed by atoms with van der Waals surface area (Å²) in [6.45, 7) is 10.3. The zero-order valence-corrected chi connectivity index (χ0v) is 13.6. The number of likely N-dealkylation sites (tertiary alicyclic amines) is 1. The van der Waals surface area contributed by atoms with Gasteiger partial charge in [0.15, 0.2) is 0 Å². The third kappa shape index (κ3) is 4.81. The lowest BCUT2D eigenvalue weighted by Crippen LogP contribution is -2.43. The molecule has 1 amide bonds. The van der Waals surface area contributed by atoms with E-state index in [2.05, 4.69) is 43.3 Å². The van der Waals surface area contributed by atoms with Gasteiger partial charge >= 0.3 is 0 Å². The van der Waals surface area contributed by atoms with E-state index in [1.807, 2.05) is 11.1 Å². The molecule has 0 aromatic carbocycles. The lowest BCUT2D eigenvalue weighted by Gasteiger charge is -2.33. The summed E-state index contributed by atoms with van der Waals surface area (Å²) >= 11 is 0. The van der Waals surface area contributed by atoms with Gasteiger partial charge in [-0.3, -0.25) is 4.79 Å². The molecule has 1 atom stereocenters. The van der Waals surface area contributed by atoms with Crippen LogP contribution in [0.3, 0.4) is 0 Å². The van der Waals surface area contributed by atoms with Gasteiger partial charge in [0, 0.05) is 24.7 Å². The van der Waals surface area contributed by atoms with Gasteiger partial charge in [-0.25, -0.2) is 4.68 Å². The van der Waals surface area contributed by atoms with Crippen LogP contribution >= 0.6 is 0 Å². The zero-order valence-electron chi connectivity index (χ0n) is 13.6. The fourth-order valence-electron chi connectivity index (χ4n) is 2.55. The van der Waals surface area contributed by atoms with Gasteiger partial charge in [0.2, 0.25) is 5.91 Å². The SMILES string of the molecule is CC1CCCCN1C(=O)Cn1cc(CNC(C)(C)C)nn1. The van der Waals surface area contributed by atoms with Crippen molar-refractivity contribution in [3.63, 3.8) is 0 Å². The van der Waals surface area contributed by atoms with Crippen molar-refractivity contribution in [2.45, 2.75) is 71.6 Å². The van der Waals surface area contributed by atoms with Crippen LogP contribution in [-0.4, -0.2) is 43.9 Å². The first kappa shape index (κ1) is 15.9. The topological polar surface area (TPSA) is 63.1 Å². The molecule has 1 aromatic heterocycles. The van der Waals surface area contributed by atoms with E-state index in [1.165, 1.54) is 6.42 Å². The molecule has 0 spiro atoms. The lowest BCUT2D eigenvalue weighted by atomic mass is 10.0. The maximum atomic E-state index is 12.3. The molecule has 21 heavy (non-hydrogen) atoms. The third-order valence-corrected chi connectivity index (χ3v) is 3.81. The quantitative estimate of drug-likeness (QED) is 0.915. The summed E-state index contributed by atoms with van der Waals surface area (Å²) in [6, 6.07) is 0.344. The standard InChI is InChI=1S/C15H27N5O/c1-12-7-5-6-8-20(12)14(21)11-19-10-13(17-18-19)9-16-15(2,3)4/h10,12,16H,5-9,11H2,1-4H3. The molecule has 0 bridgehead atoms. The summed E-state index contributed by atoms with van der Waals surface area (Å²) in [5.74, 6) is 0.141. The maximum absolute atomic E-state index is 12.3. The van der Waals surface area contributed by atoms with E-state index in [1.54, 1.807) is 4.68 Å². The first-order valence-electron chi connectivity index (χ1n) is 7.79. The van der Waals surface area contributed by atoms with Crippen LogP contribution in [0.4, 0.5) is 0 Å². The van der Waals surface area contributed by atoms with E-state index in [-0.39, 0.29) is 18.0 Å². The van der Waals surface area contributed by atoms with E-state index >= 15 is 0 Å². The van der Waals surface area contributed by atoms with Crippen molar-refractivity contribution in [3.8, 4) is 0 Å². The Morgan fingerprint density at radius 1 is 1.43 bits per heavy atom. The van der Waals surface area contributed by atoms with Crippen LogP contribution in [0.25, 0.3) is 0 Å². The number of amides is 1. The van der Waals surface area contributed by atoms with Crippen LogP contribution in [-0.2, 0) is 17.9 Å². The van der Waals surface area contributed by atoms with Crippen molar-refractivity contribution in [2.24, 2.45) is 0 Å². The molecule has 118 valence electrons. The minimum atomic E-state index is 0.0445. The molecule has 0 aliphatic carbocycles. The second-order valence-corrected chi connectivity index (χ2v) is 6.94. The van der Waals surface area contributed by atoms with Gasteiger partial charge in [0.05, 0.1) is 11.9 Å². The highest BCUT2D eigenvalue weighted by molar-refractivity contribution is 5.76. The fraction of sp³-hybridized carbons (Fsp3) is 0.800. The molecule has 1 unspecified atom stereocenters. The Hall–Kier alpha value is -1.43. The average molecular weight is 293 g/mol. The molecule has 1 aromatic rings. The maximum Gasteiger partial charge on any atom is 0.244 e. The number of carbonyl (C=O) groups is 1. The number of aromatic nitrogens is 3. The number of nitrogens with one attached hydrogen (secondary N) is 1. The Morgan fingerprint density at radius 3 is 2.86 bits per heavy atom. The van der Waals surface area contributed by atoms with Crippen molar-refractivity contribution in [1.82, 2.24) is 25.2 Å². The molecule has 1 aliphatic heterocycles. The van der Waals surface area contributed by atoms with E-state index in [4.69, 9.17) is 0 Å². The predicted octanol–water partition coefficient (Wildman–Crippen LogP) is 1.57. The summed E-state index contributed by atoms with van der Waals surface area (Å²) in [4.78, 5) is 14.3. The van der Waals surface area contributed by atoms with Crippen LogP contribution in [0.2, 0.25) is 0 Å². The molecule has 6 nitrogen and oxygen atoms in total. The molecule has 1 fully saturated rings. The van der Waals surface area contributed by atoms with Crippen molar-refractivity contribution in [3.05, 3.63) is 11.9 Å². The summed E-state index contributed by atoms with van der Waals surface area (Å²) in [5.41, 5.74) is 0.910. The Kier molecular flexibility index (Phi) is 4.98. The van der Waals surface area contributed by atoms with E-state index < -0.39 is 0 Å². The van der Waals surface area contributed by atoms with E-state index in [0.29, 0.717) is 12.6 Å². The largest absolute Gasteiger partial charge is 0.338 e. The van der Waals surface area contributed by atoms with Gasteiger partial charge in [-0.2, -0.15) is 0 Å². The smallest absolute Gasteiger partial charge is 0.244 e. The highest BCUT2D eigenvalue weighted by Crippen LogP contribution is 2.16. The Balaban J connectivity index is 1.88. The van der Waals surface area contributed by atoms with E-state index in [0.717, 1.165) is 25.1 Å². The van der Waals surface area contributed by atoms with Crippen molar-refractivity contribution in [1.29, 1.82) is 0 Å². The minimum absolute atomic E-state index is 0.0445. The second-order valence-electron chi connectivity index (χ2n) is 6.94. The third-order valence-electron chi connectivity index (χ3n) is 3.81. The number of hydrogen-bond donors (Lipinski definition) is 1. The summed E-state index contributed by atoms with van der Waals surface area (Å²) in [6.07, 6.45) is 5.28. The lowest BCUT2D eigenvalue weighted by molar-refractivity contribution is -0.135. The molecule has 0 saturated carbocycles. The molecule has 1 N–H and O–H groups in total. The van der Waals surface area contributed by atoms with Crippen LogP contribution in [0.1, 0.15) is 52.7 Å². The van der Waals surface area contributed by atoms with Crippen LogP contribution in [0, 0.1) is 0 Å². The second kappa shape index (κ2) is 6.56. The van der Waals surface area contributed by atoms with Gasteiger partial charge in [-0.1, -0.05) is 5.21 Å². The van der Waals surface area contributed by atoms with Crippen molar-refractivity contribution < 1.29 is 4.79 Å². The van der Waals surface area contributed by atoms with Crippen molar-refractivity contribution >= 4 is 5.91 Å². The number of rotatable bonds is 4. The summed E-state index contributed by atoms with van der Waals surface area (Å²) in [5, 5.41) is 11.5. The number of carbonyl (C=O) groups excluding carboxylic acids is 1. The Labute approximate surface area is 126 Å². The normalized spacial score (nSPS) is 19.8. The number of hydrogen-bond acceptors (Lipinski definition) is 4. The predicted molar refractivity (Wildman–Crippen MR) is 81.6 cm³/mol. The number of piperidine rings is 1. The molecular weight excluding hydrogens is 266 g/mol. The molecule has 6 heteroatoms. The van der Waals surface area contributed by atoms with Gasteiger partial charge in [0.25, 0.3) is 0 Å². The van der Waals surface area contributed by atoms with Crippen molar-refractivity contribution in [2.75, 3.05) is 6.54 Å². The monoisotopic (exact) mass is 293 g/mol. The van der Waals surface area contributed by atoms with Gasteiger partial charge in [-0.15, -0.1) is 5.10 Å². The Morgan fingerprint density at radius 2 is 2.19 bits per heavy atom. The minimum Gasteiger partial charge on any atom is -0.338 e. The van der Waals surface area contributed by atoms with Crippen LogP contribution < -0.4 is 5.32 Å². The average Bonchev–Trinajstić information content (AvgIpc) is 2.83. The summed E-state index contributed by atoms with van der Waals surface area (Å²) < 4.78 is 1.64. The van der Waals surface area contributed by atoms with Gasteiger partial charge in [0.1, 0.15) is 6.54 Å². The molecule has 1 saturated heterocycles. The van der Waals surface area contributed by atoms with Crippen LogP contribution in [0.15, 0.2) is 6.20 Å². The first-order valence-corrected chi connectivity index (χ1v) is 7.79. The molecule has 2 rings (SSSR count). The zero-order chi connectivity index (χ0) is 15.5. The highest BCUT2D eigenvalue weighted by Gasteiger charge is 2.23. The molecule has 1 aliphatic rings. The molecular formula is C15H27N5O. The van der Waals surface area contributed by atoms with Gasteiger partial charge in [-0.05, 0) is 47.0 Å². The first-order chi connectivity index (χ1) is 9.85.